The molecule has 0 fully saturated rings. The van der Waals surface area contributed by atoms with Gasteiger partial charge in [-0.25, -0.2) is 0 Å². The molecule has 3 N–H and O–H groups in total. The molecular weight excluding hydrogens is 138 g/mol. The summed E-state index contributed by atoms with van der Waals surface area (Å²) < 4.78 is 0. The van der Waals surface area contributed by atoms with Gasteiger partial charge in [-0.2, -0.15) is 0 Å². The predicted octanol–water partition coefficient (Wildman–Crippen LogP) is 0.815. The lowest BCUT2D eigenvalue weighted by atomic mass is 10.1. The number of aryl methyl sites for hydroxylation is 1. The van der Waals surface area contributed by atoms with Crippen molar-refractivity contribution in [1.82, 2.24) is 0 Å². The number of nitrogens with two attached hydrogens (primary N) is 1. The average molecular weight is 151 g/mol. The minimum Gasteiger partial charge on any atom is -0.378 e. The third-order valence-electron chi connectivity index (χ3n) is 1.57. The minimum atomic E-state index is -0.738. The minimum absolute atomic E-state index is 0.528. The molecule has 0 saturated heterocycles. The molecule has 2 heteroatoms. The number of hydrogen-bond acceptors (Lipinski definition) is 2. The first kappa shape index (κ1) is 8.24. The Bertz CT molecular complexity index is 216. The molecule has 11 heavy (non-hydrogen) atoms. The first-order valence-electron chi connectivity index (χ1n) is 3.67. The quantitative estimate of drug-likeness (QED) is 0.614. The van der Waals surface area contributed by atoms with Crippen molar-refractivity contribution in [3.63, 3.8) is 0 Å². The Labute approximate surface area is 66.7 Å². The molecule has 2 nitrogen and oxygen atoms in total. The van der Waals surface area contributed by atoms with E-state index in [-0.39, 0.29) is 0 Å². The van der Waals surface area contributed by atoms with E-state index in [9.17, 15) is 0 Å². The second kappa shape index (κ2) is 3.51. The Morgan fingerprint density at radius 1 is 1.36 bits per heavy atom. The zero-order chi connectivity index (χ0) is 8.27. The van der Waals surface area contributed by atoms with Gasteiger partial charge in [0.25, 0.3) is 0 Å². The predicted molar refractivity (Wildman–Crippen MR) is 45.1 cm³/mol. The van der Waals surface area contributed by atoms with Crippen LogP contribution in [-0.2, 0) is 6.42 Å². The summed E-state index contributed by atoms with van der Waals surface area (Å²) in [5.74, 6) is 0. The summed E-state index contributed by atoms with van der Waals surface area (Å²) in [5, 5.41) is 8.85. The molecule has 1 atom stereocenters. The summed E-state index contributed by atoms with van der Waals surface area (Å²) in [6.07, 6.45) is -0.210. The standard InChI is InChI=1S/C9H13NO/c1-7-2-4-8(5-3-7)6-9(10)11/h2-5,9,11H,6,10H2,1H3. The first-order valence-corrected chi connectivity index (χ1v) is 3.67. The second-order valence-corrected chi connectivity index (χ2v) is 2.76. The van der Waals surface area contributed by atoms with E-state index in [4.69, 9.17) is 10.8 Å². The molecule has 0 amide bonds. The number of benzene rings is 1. The molecule has 0 spiro atoms. The third-order valence-corrected chi connectivity index (χ3v) is 1.57. The Kier molecular flexibility index (Phi) is 2.63. The Morgan fingerprint density at radius 3 is 2.36 bits per heavy atom. The normalized spacial score (nSPS) is 13.0. The van der Waals surface area contributed by atoms with Gasteiger partial charge < -0.3 is 10.8 Å². The molecule has 1 unspecified atom stereocenters. The Morgan fingerprint density at radius 2 is 1.91 bits per heavy atom. The molecule has 0 saturated carbocycles. The lowest BCUT2D eigenvalue weighted by Crippen LogP contribution is -2.21. The topological polar surface area (TPSA) is 46.2 Å². The van der Waals surface area contributed by atoms with Gasteiger partial charge in [0.15, 0.2) is 0 Å². The highest BCUT2D eigenvalue weighted by molar-refractivity contribution is 5.21. The maximum Gasteiger partial charge on any atom is 0.106 e. The van der Waals surface area contributed by atoms with Crippen LogP contribution in [0.15, 0.2) is 24.3 Å². The van der Waals surface area contributed by atoms with Gasteiger partial charge in [0.1, 0.15) is 6.23 Å². The highest BCUT2D eigenvalue weighted by atomic mass is 16.3. The van der Waals surface area contributed by atoms with Crippen LogP contribution in [0, 0.1) is 6.92 Å². The summed E-state index contributed by atoms with van der Waals surface area (Å²) in [5.41, 5.74) is 7.52. The molecule has 0 radical (unpaired) electrons. The van der Waals surface area contributed by atoms with Crippen LogP contribution in [0.3, 0.4) is 0 Å². The van der Waals surface area contributed by atoms with Crippen LogP contribution >= 0.6 is 0 Å². The number of aliphatic hydroxyl groups excluding tert-OH is 1. The van der Waals surface area contributed by atoms with E-state index >= 15 is 0 Å². The van der Waals surface area contributed by atoms with Gasteiger partial charge in [-0.3, -0.25) is 0 Å². The van der Waals surface area contributed by atoms with Crippen molar-refractivity contribution >= 4 is 0 Å². The van der Waals surface area contributed by atoms with E-state index in [1.54, 1.807) is 0 Å². The van der Waals surface area contributed by atoms with Crippen LogP contribution in [0.25, 0.3) is 0 Å². The molecule has 1 aromatic rings. The lowest BCUT2D eigenvalue weighted by molar-refractivity contribution is 0.183. The number of hydrogen-bond donors (Lipinski definition) is 2. The maximum atomic E-state index is 8.85. The summed E-state index contributed by atoms with van der Waals surface area (Å²) in [4.78, 5) is 0. The van der Waals surface area contributed by atoms with Crippen LogP contribution in [0.2, 0.25) is 0 Å². The van der Waals surface area contributed by atoms with Crippen molar-refractivity contribution in [2.75, 3.05) is 0 Å². The number of rotatable bonds is 2. The Hall–Kier alpha value is -0.860. The van der Waals surface area contributed by atoms with E-state index in [1.807, 2.05) is 31.2 Å². The van der Waals surface area contributed by atoms with Gasteiger partial charge in [0, 0.05) is 6.42 Å². The van der Waals surface area contributed by atoms with E-state index in [0.717, 1.165) is 5.56 Å². The fourth-order valence-corrected chi connectivity index (χ4v) is 0.966. The van der Waals surface area contributed by atoms with E-state index in [0.29, 0.717) is 6.42 Å². The van der Waals surface area contributed by atoms with Gasteiger partial charge in [-0.1, -0.05) is 29.8 Å². The highest BCUT2D eigenvalue weighted by Gasteiger charge is 1.97. The van der Waals surface area contributed by atoms with Gasteiger partial charge in [0.2, 0.25) is 0 Å². The molecule has 0 aliphatic rings. The summed E-state index contributed by atoms with van der Waals surface area (Å²) in [7, 11) is 0. The van der Waals surface area contributed by atoms with Crippen molar-refractivity contribution < 1.29 is 5.11 Å². The van der Waals surface area contributed by atoms with Gasteiger partial charge in [-0.05, 0) is 12.5 Å². The molecule has 0 aliphatic heterocycles. The number of aliphatic hydroxyl groups is 1. The van der Waals surface area contributed by atoms with Crippen molar-refractivity contribution in [3.8, 4) is 0 Å². The lowest BCUT2D eigenvalue weighted by Gasteiger charge is -2.03. The van der Waals surface area contributed by atoms with Gasteiger partial charge >= 0.3 is 0 Å². The molecular formula is C9H13NO. The molecule has 0 aliphatic carbocycles. The van der Waals surface area contributed by atoms with Crippen molar-refractivity contribution in [3.05, 3.63) is 35.4 Å². The first-order chi connectivity index (χ1) is 5.18. The van der Waals surface area contributed by atoms with E-state index in [2.05, 4.69) is 0 Å². The van der Waals surface area contributed by atoms with E-state index < -0.39 is 6.23 Å². The van der Waals surface area contributed by atoms with Crippen LogP contribution in [0.5, 0.6) is 0 Å². The van der Waals surface area contributed by atoms with Crippen LogP contribution in [0.1, 0.15) is 11.1 Å². The maximum absolute atomic E-state index is 8.85. The fourth-order valence-electron chi connectivity index (χ4n) is 0.966. The Balaban J connectivity index is 2.66. The SMILES string of the molecule is Cc1ccc(CC(N)O)cc1. The summed E-state index contributed by atoms with van der Waals surface area (Å²) >= 11 is 0. The molecule has 60 valence electrons. The highest BCUT2D eigenvalue weighted by Crippen LogP contribution is 2.03. The molecule has 0 bridgehead atoms. The monoisotopic (exact) mass is 151 g/mol. The zero-order valence-electron chi connectivity index (χ0n) is 6.62. The largest absolute Gasteiger partial charge is 0.378 e. The molecule has 0 aromatic heterocycles. The van der Waals surface area contributed by atoms with Gasteiger partial charge in [-0.15, -0.1) is 0 Å². The van der Waals surface area contributed by atoms with Crippen LogP contribution in [0.4, 0.5) is 0 Å². The zero-order valence-corrected chi connectivity index (χ0v) is 6.62. The summed E-state index contributed by atoms with van der Waals surface area (Å²) in [6.45, 7) is 2.03. The molecule has 0 heterocycles. The third kappa shape index (κ3) is 2.70. The summed E-state index contributed by atoms with van der Waals surface area (Å²) in [6, 6.07) is 7.98. The van der Waals surface area contributed by atoms with Crippen molar-refractivity contribution in [2.24, 2.45) is 5.73 Å². The van der Waals surface area contributed by atoms with Crippen molar-refractivity contribution in [1.29, 1.82) is 0 Å². The van der Waals surface area contributed by atoms with Gasteiger partial charge in [0.05, 0.1) is 0 Å². The van der Waals surface area contributed by atoms with Crippen LogP contribution in [-0.4, -0.2) is 11.3 Å². The smallest absolute Gasteiger partial charge is 0.106 e. The van der Waals surface area contributed by atoms with E-state index in [1.165, 1.54) is 5.56 Å². The van der Waals surface area contributed by atoms with Crippen LogP contribution < -0.4 is 5.73 Å². The molecule has 1 aromatic carbocycles. The molecule has 1 rings (SSSR count). The van der Waals surface area contributed by atoms with Crippen molar-refractivity contribution in [2.45, 2.75) is 19.6 Å². The second-order valence-electron chi connectivity index (χ2n) is 2.76. The average Bonchev–Trinajstić information content (AvgIpc) is 1.93. The fraction of sp³-hybridized carbons (Fsp3) is 0.333.